The van der Waals surface area contributed by atoms with Crippen LogP contribution in [-0.4, -0.2) is 29.1 Å². The van der Waals surface area contributed by atoms with E-state index in [9.17, 15) is 24.2 Å². The van der Waals surface area contributed by atoms with Gasteiger partial charge in [-0.25, -0.2) is 4.39 Å². The number of ether oxygens (including phenoxy) is 1. The number of rotatable bonds is 4. The topological polar surface area (TPSA) is 83.8 Å². The molecule has 0 saturated carbocycles. The highest BCUT2D eigenvalue weighted by molar-refractivity contribution is 7.20. The molecule has 7 heteroatoms. The van der Waals surface area contributed by atoms with E-state index in [-0.39, 0.29) is 22.5 Å². The summed E-state index contributed by atoms with van der Waals surface area (Å²) in [5.74, 6) is -3.81. The SMILES string of the molecule is COC(=O)C(C)CC(=O)c1cc2c(F)c(O)c(O)cc2s1. The number of halogens is 1. The molecule has 1 atom stereocenters. The number of methoxy groups -OCH3 is 1. The third kappa shape index (κ3) is 2.82. The summed E-state index contributed by atoms with van der Waals surface area (Å²) in [5.41, 5.74) is 0. The number of hydrogen-bond acceptors (Lipinski definition) is 6. The molecular formula is C14H13FO5S. The third-order valence-electron chi connectivity index (χ3n) is 3.09. The van der Waals surface area contributed by atoms with Gasteiger partial charge in [-0.3, -0.25) is 9.59 Å². The predicted octanol–water partition coefficient (Wildman–Crippen LogP) is 2.83. The van der Waals surface area contributed by atoms with Gasteiger partial charge in [0, 0.05) is 22.6 Å². The lowest BCUT2D eigenvalue weighted by atomic mass is 10.0. The molecule has 0 bridgehead atoms. The first kappa shape index (κ1) is 15.2. The van der Waals surface area contributed by atoms with Crippen LogP contribution in [0.4, 0.5) is 4.39 Å². The fourth-order valence-corrected chi connectivity index (χ4v) is 2.96. The van der Waals surface area contributed by atoms with E-state index in [4.69, 9.17) is 0 Å². The van der Waals surface area contributed by atoms with E-state index in [1.807, 2.05) is 0 Å². The number of aromatic hydroxyl groups is 2. The lowest BCUT2D eigenvalue weighted by Crippen LogP contribution is -2.16. The van der Waals surface area contributed by atoms with Crippen molar-refractivity contribution in [2.45, 2.75) is 13.3 Å². The van der Waals surface area contributed by atoms with Gasteiger partial charge in [0.1, 0.15) is 0 Å². The molecule has 0 aliphatic heterocycles. The summed E-state index contributed by atoms with van der Waals surface area (Å²) in [7, 11) is 1.24. The summed E-state index contributed by atoms with van der Waals surface area (Å²) in [6.45, 7) is 1.56. The van der Waals surface area contributed by atoms with Crippen molar-refractivity contribution in [3.05, 3.63) is 22.8 Å². The average Bonchev–Trinajstić information content (AvgIpc) is 2.87. The summed E-state index contributed by atoms with van der Waals surface area (Å²) in [6.07, 6.45) is -0.0565. The predicted molar refractivity (Wildman–Crippen MR) is 75.2 cm³/mol. The van der Waals surface area contributed by atoms with E-state index < -0.39 is 29.2 Å². The fourth-order valence-electron chi connectivity index (χ4n) is 1.92. The normalized spacial score (nSPS) is 12.3. The molecule has 1 aromatic heterocycles. The molecule has 1 unspecified atom stereocenters. The number of Topliss-reactive ketones (excluding diaryl/α,β-unsaturated/α-hetero) is 1. The Morgan fingerprint density at radius 3 is 2.67 bits per heavy atom. The lowest BCUT2D eigenvalue weighted by Gasteiger charge is -2.06. The standard InChI is InChI=1S/C14H13FO5S/c1-6(14(19)20-2)3-8(16)11-4-7-10(21-11)5-9(17)13(18)12(7)15/h4-6,17-18H,3H2,1-2H3. The van der Waals surface area contributed by atoms with Crippen LogP contribution in [0.3, 0.4) is 0 Å². The van der Waals surface area contributed by atoms with Crippen molar-refractivity contribution in [3.8, 4) is 11.5 Å². The van der Waals surface area contributed by atoms with Crippen molar-refractivity contribution in [3.63, 3.8) is 0 Å². The second-order valence-corrected chi connectivity index (χ2v) is 5.72. The van der Waals surface area contributed by atoms with Crippen LogP contribution in [-0.2, 0) is 9.53 Å². The highest BCUT2D eigenvalue weighted by Crippen LogP contribution is 2.38. The van der Waals surface area contributed by atoms with Gasteiger partial charge in [-0.05, 0) is 6.07 Å². The average molecular weight is 312 g/mol. The maximum absolute atomic E-state index is 13.8. The summed E-state index contributed by atoms with van der Waals surface area (Å²) in [4.78, 5) is 23.6. The zero-order valence-corrected chi connectivity index (χ0v) is 12.2. The highest BCUT2D eigenvalue weighted by atomic mass is 32.1. The summed E-state index contributed by atoms with van der Waals surface area (Å²) in [6, 6.07) is 2.50. The number of esters is 1. The van der Waals surface area contributed by atoms with Gasteiger partial charge in [-0.15, -0.1) is 11.3 Å². The smallest absolute Gasteiger partial charge is 0.308 e. The molecule has 112 valence electrons. The number of carbonyl (C=O) groups excluding carboxylic acids is 2. The van der Waals surface area contributed by atoms with Gasteiger partial charge in [-0.1, -0.05) is 6.92 Å². The molecule has 0 spiro atoms. The Hall–Kier alpha value is -2.15. The van der Waals surface area contributed by atoms with Crippen molar-refractivity contribution >= 4 is 33.2 Å². The van der Waals surface area contributed by atoms with E-state index in [1.165, 1.54) is 19.2 Å². The number of thiophene rings is 1. The second kappa shape index (κ2) is 5.69. The maximum atomic E-state index is 13.8. The molecule has 0 saturated heterocycles. The molecule has 0 fully saturated rings. The molecule has 0 amide bonds. The molecule has 1 heterocycles. The maximum Gasteiger partial charge on any atom is 0.308 e. The van der Waals surface area contributed by atoms with Crippen LogP contribution in [0.1, 0.15) is 23.0 Å². The Bertz CT molecular complexity index is 722. The zero-order chi connectivity index (χ0) is 15.7. The first-order valence-corrected chi connectivity index (χ1v) is 6.91. The quantitative estimate of drug-likeness (QED) is 0.515. The number of phenols is 2. The Morgan fingerprint density at radius 1 is 1.38 bits per heavy atom. The largest absolute Gasteiger partial charge is 0.504 e. The van der Waals surface area contributed by atoms with Crippen molar-refractivity contribution in [1.82, 2.24) is 0 Å². The number of benzene rings is 1. The monoisotopic (exact) mass is 312 g/mol. The number of fused-ring (bicyclic) bond motifs is 1. The molecule has 2 aromatic rings. The van der Waals surface area contributed by atoms with Gasteiger partial charge in [0.25, 0.3) is 0 Å². The van der Waals surface area contributed by atoms with Gasteiger partial charge in [0.2, 0.25) is 0 Å². The number of carbonyl (C=O) groups is 2. The van der Waals surface area contributed by atoms with Crippen LogP contribution >= 0.6 is 11.3 Å². The highest BCUT2D eigenvalue weighted by Gasteiger charge is 2.22. The van der Waals surface area contributed by atoms with Crippen LogP contribution in [0.15, 0.2) is 12.1 Å². The van der Waals surface area contributed by atoms with E-state index in [0.717, 1.165) is 11.3 Å². The van der Waals surface area contributed by atoms with E-state index in [1.54, 1.807) is 6.92 Å². The Morgan fingerprint density at radius 2 is 2.05 bits per heavy atom. The zero-order valence-electron chi connectivity index (χ0n) is 11.3. The van der Waals surface area contributed by atoms with Crippen LogP contribution in [0, 0.1) is 11.7 Å². The van der Waals surface area contributed by atoms with Crippen LogP contribution in [0.25, 0.3) is 10.1 Å². The van der Waals surface area contributed by atoms with Gasteiger partial charge >= 0.3 is 5.97 Å². The second-order valence-electron chi connectivity index (χ2n) is 4.63. The van der Waals surface area contributed by atoms with Crippen LogP contribution in [0.5, 0.6) is 11.5 Å². The summed E-state index contributed by atoms with van der Waals surface area (Å²) < 4.78 is 18.7. The van der Waals surface area contributed by atoms with Gasteiger partial charge in [-0.2, -0.15) is 0 Å². The van der Waals surface area contributed by atoms with Crippen molar-refractivity contribution in [1.29, 1.82) is 0 Å². The minimum absolute atomic E-state index is 0.0565. The van der Waals surface area contributed by atoms with E-state index in [0.29, 0.717) is 4.70 Å². The third-order valence-corrected chi connectivity index (χ3v) is 4.21. The fraction of sp³-hybridized carbons (Fsp3) is 0.286. The minimum atomic E-state index is -0.971. The van der Waals surface area contributed by atoms with Gasteiger partial charge in [0.05, 0.1) is 17.9 Å². The Balaban J connectivity index is 2.33. The van der Waals surface area contributed by atoms with Gasteiger partial charge in [0.15, 0.2) is 23.1 Å². The Kier molecular flexibility index (Phi) is 4.13. The molecule has 2 rings (SSSR count). The van der Waals surface area contributed by atoms with Crippen molar-refractivity contribution in [2.75, 3.05) is 7.11 Å². The van der Waals surface area contributed by atoms with Crippen LogP contribution in [0.2, 0.25) is 0 Å². The van der Waals surface area contributed by atoms with E-state index >= 15 is 0 Å². The van der Waals surface area contributed by atoms with Crippen LogP contribution < -0.4 is 0 Å². The summed E-state index contributed by atoms with van der Waals surface area (Å²) in [5, 5.41) is 18.8. The Labute approximate surface area is 123 Å². The summed E-state index contributed by atoms with van der Waals surface area (Å²) >= 11 is 0.991. The molecule has 0 aliphatic carbocycles. The molecule has 2 N–H and O–H groups in total. The first-order chi connectivity index (χ1) is 9.85. The lowest BCUT2D eigenvalue weighted by molar-refractivity contribution is -0.144. The molecule has 0 aliphatic rings. The first-order valence-electron chi connectivity index (χ1n) is 6.10. The molecule has 1 aromatic carbocycles. The van der Waals surface area contributed by atoms with Crippen molar-refractivity contribution < 1.29 is 28.9 Å². The number of hydrogen-bond donors (Lipinski definition) is 2. The molecule has 5 nitrogen and oxygen atoms in total. The van der Waals surface area contributed by atoms with Gasteiger partial charge < -0.3 is 14.9 Å². The molecule has 0 radical (unpaired) electrons. The van der Waals surface area contributed by atoms with E-state index in [2.05, 4.69) is 4.74 Å². The number of phenolic OH excluding ortho intramolecular Hbond substituents is 2. The molecular weight excluding hydrogens is 299 g/mol. The number of ketones is 1. The minimum Gasteiger partial charge on any atom is -0.504 e. The molecule has 21 heavy (non-hydrogen) atoms. The van der Waals surface area contributed by atoms with Crippen molar-refractivity contribution in [2.24, 2.45) is 5.92 Å².